The molecule has 2 aromatic heterocycles. The SMILES string of the molecule is O=Cc1ccco1.c1coc(C2OCCO2)c1. The molecule has 0 radical (unpaired) electrons. The van der Waals surface area contributed by atoms with Gasteiger partial charge in [0.25, 0.3) is 0 Å². The average molecular weight is 236 g/mol. The summed E-state index contributed by atoms with van der Waals surface area (Å²) in [6.45, 7) is 1.32. The van der Waals surface area contributed by atoms with Crippen molar-refractivity contribution >= 4 is 6.29 Å². The van der Waals surface area contributed by atoms with Crippen molar-refractivity contribution in [2.45, 2.75) is 6.29 Å². The number of hydrogen-bond acceptors (Lipinski definition) is 5. The van der Waals surface area contributed by atoms with Crippen molar-refractivity contribution in [3.05, 3.63) is 48.3 Å². The highest BCUT2D eigenvalue weighted by Crippen LogP contribution is 2.22. The number of carbonyl (C=O) groups excluding carboxylic acids is 1. The summed E-state index contributed by atoms with van der Waals surface area (Å²) in [7, 11) is 0. The molecule has 5 nitrogen and oxygen atoms in total. The number of hydrogen-bond donors (Lipinski definition) is 0. The molecule has 3 rings (SSSR count). The number of carbonyl (C=O) groups is 1. The van der Waals surface area contributed by atoms with Gasteiger partial charge in [-0.05, 0) is 24.3 Å². The standard InChI is InChI=1S/C7H8O3.C5H4O2/c1-2-6(8-3-1)7-9-4-5-10-7;6-4-5-2-1-3-7-5/h1-3,7H,4-5H2;1-4H. The molecule has 0 aliphatic carbocycles. The highest BCUT2D eigenvalue weighted by Gasteiger charge is 2.19. The lowest BCUT2D eigenvalue weighted by atomic mass is 10.4. The molecule has 0 saturated carbocycles. The monoisotopic (exact) mass is 236 g/mol. The Labute approximate surface area is 97.9 Å². The highest BCUT2D eigenvalue weighted by atomic mass is 16.7. The molecule has 2 aromatic rings. The highest BCUT2D eigenvalue weighted by molar-refractivity contribution is 5.69. The molecule has 0 bridgehead atoms. The van der Waals surface area contributed by atoms with Crippen molar-refractivity contribution < 1.29 is 23.1 Å². The second-order valence-corrected chi connectivity index (χ2v) is 3.22. The third-order valence-electron chi connectivity index (χ3n) is 2.06. The van der Waals surface area contributed by atoms with Crippen molar-refractivity contribution in [3.8, 4) is 0 Å². The van der Waals surface area contributed by atoms with Gasteiger partial charge < -0.3 is 18.3 Å². The lowest BCUT2D eigenvalue weighted by Gasteiger charge is -2.02. The molecule has 0 amide bonds. The van der Waals surface area contributed by atoms with Crippen LogP contribution in [0, 0.1) is 0 Å². The molecule has 1 fully saturated rings. The van der Waals surface area contributed by atoms with Crippen LogP contribution in [0.4, 0.5) is 0 Å². The van der Waals surface area contributed by atoms with Crippen molar-refractivity contribution in [2.24, 2.45) is 0 Å². The molecule has 1 aliphatic heterocycles. The van der Waals surface area contributed by atoms with E-state index in [9.17, 15) is 4.79 Å². The van der Waals surface area contributed by atoms with E-state index < -0.39 is 0 Å². The number of aldehydes is 1. The van der Waals surface area contributed by atoms with Crippen molar-refractivity contribution in [1.29, 1.82) is 0 Å². The topological polar surface area (TPSA) is 61.8 Å². The summed E-state index contributed by atoms with van der Waals surface area (Å²) in [5, 5.41) is 0. The summed E-state index contributed by atoms with van der Waals surface area (Å²) in [6, 6.07) is 6.94. The van der Waals surface area contributed by atoms with Gasteiger partial charge in [-0.25, -0.2) is 0 Å². The second-order valence-electron chi connectivity index (χ2n) is 3.22. The molecular formula is C12H12O5. The predicted molar refractivity (Wildman–Crippen MR) is 57.4 cm³/mol. The Kier molecular flexibility index (Phi) is 4.12. The largest absolute Gasteiger partial charge is 0.464 e. The molecule has 1 aliphatic rings. The van der Waals surface area contributed by atoms with Gasteiger partial charge in [-0.3, -0.25) is 4.79 Å². The zero-order valence-electron chi connectivity index (χ0n) is 9.07. The zero-order valence-corrected chi connectivity index (χ0v) is 9.07. The van der Waals surface area contributed by atoms with Crippen molar-refractivity contribution in [1.82, 2.24) is 0 Å². The number of furan rings is 2. The predicted octanol–water partition coefficient (Wildman–Crippen LogP) is 2.42. The minimum absolute atomic E-state index is 0.269. The molecule has 1 saturated heterocycles. The van der Waals surface area contributed by atoms with Crippen molar-refractivity contribution in [3.63, 3.8) is 0 Å². The van der Waals surface area contributed by atoms with E-state index in [0.717, 1.165) is 5.76 Å². The van der Waals surface area contributed by atoms with Crippen LogP contribution in [0.5, 0.6) is 0 Å². The molecule has 0 atom stereocenters. The quantitative estimate of drug-likeness (QED) is 0.749. The Balaban J connectivity index is 0.000000136. The first-order valence-electron chi connectivity index (χ1n) is 5.15. The van der Waals surface area contributed by atoms with Crippen LogP contribution < -0.4 is 0 Å². The van der Waals surface area contributed by atoms with Crippen LogP contribution in [0.1, 0.15) is 22.6 Å². The zero-order chi connectivity index (χ0) is 11.9. The third-order valence-corrected chi connectivity index (χ3v) is 2.06. The van der Waals surface area contributed by atoms with Crippen LogP contribution in [0.3, 0.4) is 0 Å². The minimum Gasteiger partial charge on any atom is -0.464 e. The van der Waals surface area contributed by atoms with Gasteiger partial charge in [0.2, 0.25) is 6.29 Å². The lowest BCUT2D eigenvalue weighted by molar-refractivity contribution is -0.0588. The summed E-state index contributed by atoms with van der Waals surface area (Å²) in [5.41, 5.74) is 0. The van der Waals surface area contributed by atoms with E-state index in [4.69, 9.17) is 13.9 Å². The molecule has 3 heterocycles. The van der Waals surface area contributed by atoms with E-state index in [0.29, 0.717) is 25.3 Å². The molecule has 17 heavy (non-hydrogen) atoms. The Morgan fingerprint density at radius 1 is 1.06 bits per heavy atom. The second kappa shape index (κ2) is 6.03. The fourth-order valence-electron chi connectivity index (χ4n) is 1.31. The Hall–Kier alpha value is -1.85. The van der Waals surface area contributed by atoms with Gasteiger partial charge in [0.05, 0.1) is 25.7 Å². The van der Waals surface area contributed by atoms with Gasteiger partial charge in [0.1, 0.15) is 0 Å². The van der Waals surface area contributed by atoms with Gasteiger partial charge in [-0.15, -0.1) is 0 Å². The maximum Gasteiger partial charge on any atom is 0.217 e. The van der Waals surface area contributed by atoms with E-state index in [2.05, 4.69) is 4.42 Å². The van der Waals surface area contributed by atoms with Crippen LogP contribution >= 0.6 is 0 Å². The van der Waals surface area contributed by atoms with E-state index in [1.54, 1.807) is 18.4 Å². The minimum atomic E-state index is -0.269. The Morgan fingerprint density at radius 3 is 2.24 bits per heavy atom. The Morgan fingerprint density at radius 2 is 1.76 bits per heavy atom. The summed E-state index contributed by atoms with van der Waals surface area (Å²) in [5.74, 6) is 1.12. The molecule has 0 N–H and O–H groups in total. The van der Waals surface area contributed by atoms with Gasteiger partial charge in [0, 0.05) is 0 Å². The summed E-state index contributed by atoms with van der Waals surface area (Å²) < 4.78 is 20.0. The smallest absolute Gasteiger partial charge is 0.217 e. The molecular weight excluding hydrogens is 224 g/mol. The summed E-state index contributed by atoms with van der Waals surface area (Å²) >= 11 is 0. The van der Waals surface area contributed by atoms with Gasteiger partial charge in [0.15, 0.2) is 17.8 Å². The van der Waals surface area contributed by atoms with E-state index in [-0.39, 0.29) is 6.29 Å². The lowest BCUT2D eigenvalue weighted by Crippen LogP contribution is -1.94. The molecule has 0 unspecified atom stereocenters. The first kappa shape index (κ1) is 11.6. The normalized spacial score (nSPS) is 15.3. The number of ether oxygens (including phenoxy) is 2. The summed E-state index contributed by atoms with van der Waals surface area (Å²) in [4.78, 5) is 9.77. The van der Waals surface area contributed by atoms with Crippen LogP contribution in [-0.4, -0.2) is 19.5 Å². The van der Waals surface area contributed by atoms with Crippen LogP contribution in [0.25, 0.3) is 0 Å². The van der Waals surface area contributed by atoms with Gasteiger partial charge >= 0.3 is 0 Å². The maximum absolute atomic E-state index is 9.77. The fraction of sp³-hybridized carbons (Fsp3) is 0.250. The van der Waals surface area contributed by atoms with Crippen molar-refractivity contribution in [2.75, 3.05) is 13.2 Å². The fourth-order valence-corrected chi connectivity index (χ4v) is 1.31. The van der Waals surface area contributed by atoms with Crippen LogP contribution in [-0.2, 0) is 9.47 Å². The first-order valence-corrected chi connectivity index (χ1v) is 5.15. The van der Waals surface area contributed by atoms with Crippen LogP contribution in [0.2, 0.25) is 0 Å². The molecule has 0 spiro atoms. The van der Waals surface area contributed by atoms with Gasteiger partial charge in [-0.1, -0.05) is 0 Å². The Bertz CT molecular complexity index is 412. The number of rotatable bonds is 2. The van der Waals surface area contributed by atoms with E-state index in [1.165, 1.54) is 6.26 Å². The first-order chi connectivity index (χ1) is 8.40. The average Bonchev–Trinajstić information content (AvgIpc) is 3.12. The molecule has 5 heteroatoms. The summed E-state index contributed by atoms with van der Waals surface area (Å²) in [6.07, 6.45) is 3.47. The molecule has 90 valence electrons. The van der Waals surface area contributed by atoms with Gasteiger partial charge in [-0.2, -0.15) is 0 Å². The van der Waals surface area contributed by atoms with Crippen LogP contribution in [0.15, 0.2) is 45.6 Å². The van der Waals surface area contributed by atoms with E-state index >= 15 is 0 Å². The maximum atomic E-state index is 9.77. The third kappa shape index (κ3) is 3.30. The molecule has 0 aromatic carbocycles. The van der Waals surface area contributed by atoms with E-state index in [1.807, 2.05) is 12.1 Å².